The van der Waals surface area contributed by atoms with Gasteiger partial charge in [0.1, 0.15) is 12.1 Å². The van der Waals surface area contributed by atoms with Gasteiger partial charge < -0.3 is 4.90 Å². The van der Waals surface area contributed by atoms with E-state index < -0.39 is 0 Å². The molecule has 0 aliphatic rings. The highest BCUT2D eigenvalue weighted by molar-refractivity contribution is 6.30. The molecular formula is C18H22ClN5. The lowest BCUT2D eigenvalue weighted by Gasteiger charge is -2.22. The second kappa shape index (κ2) is 7.18. The van der Waals surface area contributed by atoms with Crippen molar-refractivity contribution in [2.24, 2.45) is 0 Å². The summed E-state index contributed by atoms with van der Waals surface area (Å²) in [6.07, 6.45) is 5.62. The van der Waals surface area contributed by atoms with Crippen LogP contribution in [-0.2, 0) is 0 Å². The number of benzene rings is 1. The summed E-state index contributed by atoms with van der Waals surface area (Å²) in [4.78, 5) is 11.3. The van der Waals surface area contributed by atoms with Crippen LogP contribution in [0.25, 0.3) is 16.7 Å². The molecule has 2 aromatic heterocycles. The van der Waals surface area contributed by atoms with Crippen LogP contribution in [0.15, 0.2) is 30.7 Å². The van der Waals surface area contributed by atoms with Crippen molar-refractivity contribution in [2.45, 2.75) is 33.6 Å². The molecule has 0 bridgehead atoms. The lowest BCUT2D eigenvalue weighted by Crippen LogP contribution is -2.26. The van der Waals surface area contributed by atoms with E-state index in [-0.39, 0.29) is 0 Å². The highest BCUT2D eigenvalue weighted by Gasteiger charge is 2.16. The summed E-state index contributed by atoms with van der Waals surface area (Å²) >= 11 is 6.17. The highest BCUT2D eigenvalue weighted by atomic mass is 35.5. The zero-order chi connectivity index (χ0) is 17.1. The predicted molar refractivity (Wildman–Crippen MR) is 99.2 cm³/mol. The van der Waals surface area contributed by atoms with Crippen LogP contribution in [0, 0.1) is 6.92 Å². The molecule has 0 radical (unpaired) electrons. The number of fused-ring (bicyclic) bond motifs is 1. The maximum absolute atomic E-state index is 6.17. The molecule has 0 spiro atoms. The molecule has 0 unspecified atom stereocenters. The molecule has 24 heavy (non-hydrogen) atoms. The van der Waals surface area contributed by atoms with Gasteiger partial charge in [-0.15, -0.1) is 0 Å². The van der Waals surface area contributed by atoms with Gasteiger partial charge in [-0.05, 0) is 37.5 Å². The summed E-state index contributed by atoms with van der Waals surface area (Å²) in [5.74, 6) is 0.953. The number of hydrogen-bond donors (Lipinski definition) is 0. The van der Waals surface area contributed by atoms with Crippen molar-refractivity contribution < 1.29 is 0 Å². The lowest BCUT2D eigenvalue weighted by molar-refractivity contribution is 0.736. The van der Waals surface area contributed by atoms with Gasteiger partial charge in [0.25, 0.3) is 0 Å². The average Bonchev–Trinajstić information content (AvgIpc) is 3.01. The van der Waals surface area contributed by atoms with Gasteiger partial charge in [-0.25, -0.2) is 14.6 Å². The molecule has 3 aromatic rings. The molecule has 0 atom stereocenters. The van der Waals surface area contributed by atoms with Crippen LogP contribution in [-0.4, -0.2) is 32.8 Å². The standard InChI is InChI=1S/C18H22ClN5/c1-4-8-23(9-5-2)17-15-11-22-24(18(15)21-12-20-17)16-10-14(19)7-6-13(16)3/h6-7,10-12H,4-5,8-9H2,1-3H3. The van der Waals surface area contributed by atoms with Gasteiger partial charge >= 0.3 is 0 Å². The molecule has 0 saturated carbocycles. The van der Waals surface area contributed by atoms with Crippen LogP contribution in [0.2, 0.25) is 5.02 Å². The number of aromatic nitrogens is 4. The van der Waals surface area contributed by atoms with Crippen LogP contribution < -0.4 is 4.90 Å². The van der Waals surface area contributed by atoms with Gasteiger partial charge in [0.15, 0.2) is 5.65 Å². The van der Waals surface area contributed by atoms with E-state index in [9.17, 15) is 0 Å². The molecule has 5 nitrogen and oxygen atoms in total. The third kappa shape index (κ3) is 3.08. The Balaban J connectivity index is 2.14. The number of nitrogens with zero attached hydrogens (tertiary/aromatic N) is 5. The van der Waals surface area contributed by atoms with Gasteiger partial charge in [0.05, 0.1) is 17.3 Å². The Kier molecular flexibility index (Phi) is 5.00. The van der Waals surface area contributed by atoms with Gasteiger partial charge in [0, 0.05) is 18.1 Å². The topological polar surface area (TPSA) is 46.8 Å². The molecule has 126 valence electrons. The molecule has 0 saturated heterocycles. The zero-order valence-electron chi connectivity index (χ0n) is 14.3. The van der Waals surface area contributed by atoms with Gasteiger partial charge in [-0.2, -0.15) is 5.10 Å². The van der Waals surface area contributed by atoms with Crippen LogP contribution in [0.5, 0.6) is 0 Å². The summed E-state index contributed by atoms with van der Waals surface area (Å²) in [6.45, 7) is 8.35. The number of anilines is 1. The van der Waals surface area contributed by atoms with Crippen LogP contribution in [0.1, 0.15) is 32.3 Å². The van der Waals surface area contributed by atoms with E-state index in [0.29, 0.717) is 5.02 Å². The Hall–Kier alpha value is -2.14. The maximum atomic E-state index is 6.17. The van der Waals surface area contributed by atoms with E-state index in [0.717, 1.165) is 54.0 Å². The van der Waals surface area contributed by atoms with E-state index in [4.69, 9.17) is 11.6 Å². The van der Waals surface area contributed by atoms with Crippen LogP contribution >= 0.6 is 11.6 Å². The first-order valence-electron chi connectivity index (χ1n) is 8.35. The molecular weight excluding hydrogens is 322 g/mol. The molecule has 2 heterocycles. The molecule has 0 fully saturated rings. The van der Waals surface area contributed by atoms with E-state index in [1.807, 2.05) is 36.0 Å². The molecule has 0 aliphatic carbocycles. The molecule has 0 aliphatic heterocycles. The Labute approximate surface area is 147 Å². The predicted octanol–water partition coefficient (Wildman–Crippen LogP) is 4.40. The maximum Gasteiger partial charge on any atom is 0.168 e. The highest BCUT2D eigenvalue weighted by Crippen LogP contribution is 2.27. The quantitative estimate of drug-likeness (QED) is 0.665. The fourth-order valence-corrected chi connectivity index (χ4v) is 3.10. The van der Waals surface area contributed by atoms with Crippen molar-refractivity contribution in [3.63, 3.8) is 0 Å². The first-order valence-corrected chi connectivity index (χ1v) is 8.73. The number of halogens is 1. The minimum Gasteiger partial charge on any atom is -0.356 e. The smallest absolute Gasteiger partial charge is 0.168 e. The average molecular weight is 344 g/mol. The van der Waals surface area contributed by atoms with E-state index >= 15 is 0 Å². The third-order valence-electron chi connectivity index (χ3n) is 4.03. The van der Waals surface area contributed by atoms with Crippen molar-refractivity contribution >= 4 is 28.5 Å². The number of hydrogen-bond acceptors (Lipinski definition) is 4. The summed E-state index contributed by atoms with van der Waals surface area (Å²) < 4.78 is 1.85. The Morgan fingerprint density at radius 2 is 1.88 bits per heavy atom. The fraction of sp³-hybridized carbons (Fsp3) is 0.389. The summed E-state index contributed by atoms with van der Waals surface area (Å²) in [5.41, 5.74) is 2.85. The molecule has 0 N–H and O–H groups in total. The van der Waals surface area contributed by atoms with Crippen molar-refractivity contribution in [3.8, 4) is 5.69 Å². The molecule has 3 rings (SSSR count). The monoisotopic (exact) mass is 343 g/mol. The van der Waals surface area contributed by atoms with E-state index in [2.05, 4.69) is 33.8 Å². The summed E-state index contributed by atoms with van der Waals surface area (Å²) in [5, 5.41) is 6.22. The van der Waals surface area contributed by atoms with Crippen molar-refractivity contribution in [2.75, 3.05) is 18.0 Å². The van der Waals surface area contributed by atoms with Crippen molar-refractivity contribution in [1.29, 1.82) is 0 Å². The lowest BCUT2D eigenvalue weighted by atomic mass is 10.2. The Morgan fingerprint density at radius 3 is 2.58 bits per heavy atom. The first-order chi connectivity index (χ1) is 11.7. The zero-order valence-corrected chi connectivity index (χ0v) is 15.1. The molecule has 6 heteroatoms. The fourth-order valence-electron chi connectivity index (χ4n) is 2.93. The Bertz CT molecular complexity index is 837. The summed E-state index contributed by atoms with van der Waals surface area (Å²) in [7, 11) is 0. The molecule has 1 aromatic carbocycles. The minimum absolute atomic E-state index is 0.687. The largest absolute Gasteiger partial charge is 0.356 e. The van der Waals surface area contributed by atoms with Gasteiger partial charge in [0.2, 0.25) is 0 Å². The van der Waals surface area contributed by atoms with Gasteiger partial charge in [-0.3, -0.25) is 0 Å². The van der Waals surface area contributed by atoms with E-state index in [1.54, 1.807) is 6.33 Å². The third-order valence-corrected chi connectivity index (χ3v) is 4.27. The SMILES string of the molecule is CCCN(CCC)c1ncnc2c1cnn2-c1cc(Cl)ccc1C. The van der Waals surface area contributed by atoms with Crippen molar-refractivity contribution in [3.05, 3.63) is 41.3 Å². The first kappa shape index (κ1) is 16.7. The Morgan fingerprint density at radius 1 is 1.12 bits per heavy atom. The van der Waals surface area contributed by atoms with E-state index in [1.165, 1.54) is 0 Å². The van der Waals surface area contributed by atoms with Crippen LogP contribution in [0.4, 0.5) is 5.82 Å². The second-order valence-corrected chi connectivity index (χ2v) is 6.35. The second-order valence-electron chi connectivity index (χ2n) is 5.91. The normalized spacial score (nSPS) is 11.2. The number of aryl methyl sites for hydroxylation is 1. The minimum atomic E-state index is 0.687. The number of rotatable bonds is 6. The summed E-state index contributed by atoms with van der Waals surface area (Å²) in [6, 6.07) is 5.80. The molecule has 0 amide bonds. The van der Waals surface area contributed by atoms with Gasteiger partial charge in [-0.1, -0.05) is 31.5 Å². The van der Waals surface area contributed by atoms with Crippen LogP contribution in [0.3, 0.4) is 0 Å². The van der Waals surface area contributed by atoms with Crippen molar-refractivity contribution in [1.82, 2.24) is 19.7 Å².